The van der Waals surface area contributed by atoms with Gasteiger partial charge in [-0.3, -0.25) is 14.4 Å². The molecule has 0 fully saturated rings. The smallest absolute Gasteiger partial charge is 0.269 e. The van der Waals surface area contributed by atoms with Crippen molar-refractivity contribution in [2.45, 2.75) is 44.1 Å². The summed E-state index contributed by atoms with van der Waals surface area (Å²) in [6.07, 6.45) is -1.11. The van der Waals surface area contributed by atoms with Crippen molar-refractivity contribution >= 4 is 49.7 Å². The maximum absolute atomic E-state index is 13.8. The summed E-state index contributed by atoms with van der Waals surface area (Å²) in [4.78, 5) is 13.4. The van der Waals surface area contributed by atoms with Crippen LogP contribution in [0.2, 0.25) is 5.02 Å². The number of carbonyl (C=O) groups is 1. The Kier molecular flexibility index (Phi) is 7.13. The molecule has 5 rings (SSSR count). The average Bonchev–Trinajstić information content (AvgIpc) is 3.36. The number of nitrogens with zero attached hydrogens (tertiary/aromatic N) is 3. The third-order valence-corrected chi connectivity index (χ3v) is 9.28. The molecular formula is C28H27ClN4O4S2. The van der Waals surface area contributed by atoms with Crippen molar-refractivity contribution in [3.63, 3.8) is 0 Å². The number of benzene rings is 3. The lowest BCUT2D eigenvalue weighted by Crippen LogP contribution is -2.49. The van der Waals surface area contributed by atoms with Crippen LogP contribution in [0.15, 0.2) is 71.6 Å². The van der Waals surface area contributed by atoms with Crippen LogP contribution in [0.25, 0.3) is 10.6 Å². The molecule has 1 aliphatic heterocycles. The molecule has 1 aromatic heterocycles. The highest BCUT2D eigenvalue weighted by atomic mass is 35.5. The van der Waals surface area contributed by atoms with E-state index in [1.165, 1.54) is 15.6 Å². The van der Waals surface area contributed by atoms with Gasteiger partial charge < -0.3 is 4.74 Å². The van der Waals surface area contributed by atoms with E-state index in [0.29, 0.717) is 21.5 Å². The summed E-state index contributed by atoms with van der Waals surface area (Å²) in [6.45, 7) is 7.84. The largest absolute Gasteiger partial charge is 0.476 e. The predicted octanol–water partition coefficient (Wildman–Crippen LogP) is 6.06. The first-order valence-corrected chi connectivity index (χ1v) is 14.9. The highest BCUT2D eigenvalue weighted by Crippen LogP contribution is 2.40. The summed E-state index contributed by atoms with van der Waals surface area (Å²) in [6, 6.07) is 19.2. The first-order valence-electron chi connectivity index (χ1n) is 12.2. The van der Waals surface area contributed by atoms with E-state index >= 15 is 0 Å². The van der Waals surface area contributed by atoms with Crippen molar-refractivity contribution in [2.24, 2.45) is 0 Å². The number of hydrogen-bond acceptors (Lipinski definition) is 7. The summed E-state index contributed by atoms with van der Waals surface area (Å²) < 4.78 is 35.0. The fraction of sp³-hybridized carbons (Fsp3) is 0.250. The summed E-state index contributed by atoms with van der Waals surface area (Å²) in [5, 5.41) is 12.4. The lowest BCUT2D eigenvalue weighted by molar-refractivity contribution is -0.122. The standard InChI is InChI=1S/C28H27ClN4O4S2/c1-17-5-12-21(13-6-17)39(35,36)33-16-24(37-23-14-9-19(15-22(23)33)28(2,3)4)25(34)30-27-32-31-26(38-27)18-7-10-20(29)11-8-18/h5-15,24H,16H2,1-4H3,(H,30,32,34). The van der Waals surface area contributed by atoms with E-state index in [9.17, 15) is 13.2 Å². The Morgan fingerprint density at radius 3 is 2.41 bits per heavy atom. The molecule has 0 saturated carbocycles. The van der Waals surface area contributed by atoms with Gasteiger partial charge in [0.25, 0.3) is 15.9 Å². The molecule has 202 valence electrons. The predicted molar refractivity (Wildman–Crippen MR) is 154 cm³/mol. The van der Waals surface area contributed by atoms with Gasteiger partial charge in [-0.1, -0.05) is 79.6 Å². The Labute approximate surface area is 236 Å². The second-order valence-electron chi connectivity index (χ2n) is 10.3. The molecule has 1 N–H and O–H groups in total. The molecule has 0 saturated heterocycles. The molecule has 4 aromatic rings. The molecule has 0 radical (unpaired) electrons. The molecule has 1 aliphatic rings. The van der Waals surface area contributed by atoms with Crippen molar-refractivity contribution in [2.75, 3.05) is 16.2 Å². The minimum Gasteiger partial charge on any atom is -0.476 e. The van der Waals surface area contributed by atoms with E-state index in [2.05, 4.69) is 15.5 Å². The van der Waals surface area contributed by atoms with Crippen LogP contribution < -0.4 is 14.4 Å². The van der Waals surface area contributed by atoms with Crippen LogP contribution in [-0.4, -0.2) is 37.2 Å². The number of rotatable bonds is 5. The van der Waals surface area contributed by atoms with Gasteiger partial charge in [-0.15, -0.1) is 10.2 Å². The highest BCUT2D eigenvalue weighted by molar-refractivity contribution is 7.92. The Bertz CT molecular complexity index is 1630. The fourth-order valence-electron chi connectivity index (χ4n) is 4.09. The average molecular weight is 583 g/mol. The molecule has 11 heteroatoms. The minimum absolute atomic E-state index is 0.137. The third-order valence-electron chi connectivity index (χ3n) is 6.34. The molecule has 1 amide bonds. The zero-order chi connectivity index (χ0) is 27.9. The molecule has 2 heterocycles. The molecule has 8 nitrogen and oxygen atoms in total. The molecule has 0 aliphatic carbocycles. The number of aromatic nitrogens is 2. The molecular weight excluding hydrogens is 556 g/mol. The number of ether oxygens (including phenoxy) is 1. The van der Waals surface area contributed by atoms with E-state index in [1.807, 2.05) is 52.0 Å². The zero-order valence-corrected chi connectivity index (χ0v) is 24.2. The van der Waals surface area contributed by atoms with Crippen LogP contribution in [0.4, 0.5) is 10.8 Å². The second kappa shape index (κ2) is 10.3. The van der Waals surface area contributed by atoms with Crippen molar-refractivity contribution < 1.29 is 17.9 Å². The van der Waals surface area contributed by atoms with Crippen LogP contribution in [0.1, 0.15) is 31.9 Å². The lowest BCUT2D eigenvalue weighted by atomic mass is 9.86. The van der Waals surface area contributed by atoms with Gasteiger partial charge in [0.1, 0.15) is 10.8 Å². The van der Waals surface area contributed by atoms with Crippen molar-refractivity contribution in [1.82, 2.24) is 10.2 Å². The molecule has 1 unspecified atom stereocenters. The number of anilines is 2. The van der Waals surface area contributed by atoms with Crippen molar-refractivity contribution in [3.05, 3.63) is 82.9 Å². The Morgan fingerprint density at radius 1 is 1.05 bits per heavy atom. The van der Waals surface area contributed by atoms with Gasteiger partial charge in [-0.25, -0.2) is 8.42 Å². The Morgan fingerprint density at radius 2 is 1.74 bits per heavy atom. The zero-order valence-electron chi connectivity index (χ0n) is 21.8. The number of aryl methyl sites for hydroxylation is 1. The van der Waals surface area contributed by atoms with Crippen molar-refractivity contribution in [1.29, 1.82) is 0 Å². The second-order valence-corrected chi connectivity index (χ2v) is 13.6. The number of fused-ring (bicyclic) bond motifs is 1. The Balaban J connectivity index is 1.46. The van der Waals surface area contributed by atoms with Crippen LogP contribution in [-0.2, 0) is 20.2 Å². The van der Waals surface area contributed by atoms with Gasteiger partial charge in [0, 0.05) is 10.6 Å². The number of halogens is 1. The van der Waals surface area contributed by atoms with Gasteiger partial charge >= 0.3 is 0 Å². The monoisotopic (exact) mass is 582 g/mol. The van der Waals surface area contributed by atoms with E-state index in [4.69, 9.17) is 16.3 Å². The summed E-state index contributed by atoms with van der Waals surface area (Å²) in [5.41, 5.74) is 2.87. The Hall–Kier alpha value is -3.47. The van der Waals surface area contributed by atoms with Crippen LogP contribution in [0.3, 0.4) is 0 Å². The molecule has 0 bridgehead atoms. The van der Waals surface area contributed by atoms with Gasteiger partial charge in [0.15, 0.2) is 6.10 Å². The lowest BCUT2D eigenvalue weighted by Gasteiger charge is -2.35. The topological polar surface area (TPSA) is 101 Å². The molecule has 39 heavy (non-hydrogen) atoms. The normalized spacial score (nSPS) is 15.4. The molecule has 3 aromatic carbocycles. The van der Waals surface area contributed by atoms with Gasteiger partial charge in [-0.05, 0) is 54.3 Å². The summed E-state index contributed by atoms with van der Waals surface area (Å²) in [5.74, 6) is -0.215. The maximum atomic E-state index is 13.8. The summed E-state index contributed by atoms with van der Waals surface area (Å²) >= 11 is 7.16. The van der Waals surface area contributed by atoms with E-state index in [-0.39, 0.29) is 22.0 Å². The number of carbonyl (C=O) groups excluding carboxylic acids is 1. The number of nitrogens with one attached hydrogen (secondary N) is 1. The summed E-state index contributed by atoms with van der Waals surface area (Å²) in [7, 11) is -3.99. The minimum atomic E-state index is -3.99. The highest BCUT2D eigenvalue weighted by Gasteiger charge is 2.38. The first-order chi connectivity index (χ1) is 18.4. The number of sulfonamides is 1. The SMILES string of the molecule is Cc1ccc(S(=O)(=O)N2CC(C(=O)Nc3nnc(-c4ccc(Cl)cc4)s3)Oc3ccc(C(C)(C)C)cc32)cc1. The van der Waals surface area contributed by atoms with Gasteiger partial charge in [0.2, 0.25) is 5.13 Å². The van der Waals surface area contributed by atoms with Gasteiger partial charge in [-0.2, -0.15) is 0 Å². The molecule has 1 atom stereocenters. The third kappa shape index (κ3) is 5.63. The van der Waals surface area contributed by atoms with Crippen LogP contribution in [0.5, 0.6) is 5.75 Å². The van der Waals surface area contributed by atoms with Gasteiger partial charge in [0.05, 0.1) is 17.1 Å². The van der Waals surface area contributed by atoms with Crippen molar-refractivity contribution in [3.8, 4) is 16.3 Å². The van der Waals surface area contributed by atoms with E-state index in [0.717, 1.165) is 16.7 Å². The van der Waals surface area contributed by atoms with Crippen LogP contribution >= 0.6 is 22.9 Å². The number of amides is 1. The first kappa shape index (κ1) is 27.1. The number of hydrogen-bond donors (Lipinski definition) is 1. The van der Waals surface area contributed by atoms with Crippen LogP contribution in [0, 0.1) is 6.92 Å². The van der Waals surface area contributed by atoms with E-state index < -0.39 is 22.0 Å². The van der Waals surface area contributed by atoms with E-state index in [1.54, 1.807) is 42.5 Å². The fourth-order valence-corrected chi connectivity index (χ4v) is 6.43. The quantitative estimate of drug-likeness (QED) is 0.307. The molecule has 0 spiro atoms. The maximum Gasteiger partial charge on any atom is 0.269 e.